The summed E-state index contributed by atoms with van der Waals surface area (Å²) < 4.78 is 20.0. The Kier molecular flexibility index (Phi) is 40.1. The minimum absolute atomic E-state index is 0.0488. The minimum Gasteiger partial charge on any atom is -0.508 e. The molecule has 4 atom stereocenters. The molecule has 0 saturated carbocycles. The van der Waals surface area contributed by atoms with E-state index in [-0.39, 0.29) is 53.4 Å². The molecule has 0 saturated heterocycles. The summed E-state index contributed by atoms with van der Waals surface area (Å²) in [5.41, 5.74) is 3.71. The largest absolute Gasteiger partial charge is 0.508 e. The molecule has 1 aromatic carbocycles. The Hall–Kier alpha value is -5.28. The average molecular weight is 1150 g/mol. The number of nitrogens with zero attached hydrogens (tertiary/aromatic N) is 1. The van der Waals surface area contributed by atoms with Gasteiger partial charge in [0.15, 0.2) is 12.7 Å². The van der Waals surface area contributed by atoms with Crippen LogP contribution in [0.3, 0.4) is 0 Å². The monoisotopic (exact) mass is 1150 g/mol. The Balaban J connectivity index is 3.17. The maximum atomic E-state index is 14.6. The van der Waals surface area contributed by atoms with Crippen LogP contribution in [0, 0.1) is 0 Å². The number of aromatic hydroxyl groups is 1. The number of phenolic OH excluding ortho intramolecular Hbond substituents is 1. The molecule has 1 aromatic rings. The van der Waals surface area contributed by atoms with E-state index in [1.165, 1.54) is 127 Å². The zero-order chi connectivity index (χ0) is 60.3. The van der Waals surface area contributed by atoms with E-state index in [9.17, 15) is 58.5 Å². The van der Waals surface area contributed by atoms with E-state index in [1.54, 1.807) is 0 Å². The van der Waals surface area contributed by atoms with Crippen LogP contribution in [0.4, 0.5) is 0 Å². The first-order chi connectivity index (χ1) is 38.8. The van der Waals surface area contributed by atoms with Gasteiger partial charge in [0.2, 0.25) is 11.8 Å². The maximum absolute atomic E-state index is 14.6. The molecule has 0 fully saturated rings. The number of hydrogen-bond donors (Lipinski definition) is 8. The standard InChI is InChI=1S/C59H99N5O15S/c1-3-5-7-9-11-13-15-17-19-21-23-25-27-29-54(72)78-43-47(79-55(73)30-28-26-24-22-20-18-16-14-12-10-8-6-4-2)44-80-40-38-51(67)64(61)59(39-37-53(70)71,56(74)48(60)41-45-31-33-46(65)34-32-45)58(77)62-42-50(66)63-49(57(75)76)35-36-52(68)69/h31-34,47-49,65H,3-30,35-44,60-61H2,1-2H3,(H,62,77)(H,63,66)(H,68,69)(H,70,71)(H,75,76)/t47-,48+,49+,59-/m1/s1/i/hD. The Labute approximate surface area is 481 Å². The number of unbranched alkanes of at least 4 members (excludes halogenated alkanes) is 24. The molecule has 0 aliphatic rings. The highest BCUT2D eigenvalue weighted by molar-refractivity contribution is 7.99. The van der Waals surface area contributed by atoms with Gasteiger partial charge in [-0.05, 0) is 49.8 Å². The van der Waals surface area contributed by atoms with Crippen molar-refractivity contribution in [3.63, 3.8) is 0 Å². The first-order valence-electron chi connectivity index (χ1n) is 30.1. The molecule has 0 spiro atoms. The molecule has 0 aliphatic carbocycles. The average Bonchev–Trinajstić information content (AvgIpc) is 3.62. The lowest BCUT2D eigenvalue weighted by Gasteiger charge is -2.39. The van der Waals surface area contributed by atoms with Gasteiger partial charge in [-0.25, -0.2) is 10.6 Å². The second-order valence-corrected chi connectivity index (χ2v) is 22.1. The molecule has 456 valence electrons. The summed E-state index contributed by atoms with van der Waals surface area (Å²) in [6.07, 6.45) is 25.2. The Bertz CT molecular complexity index is 2000. The number of carbonyl (C=O) groups is 9. The number of Topliss-reactive ketones (excluding diaryl/α,β-unsaturated/α-hetero) is 1. The smallest absolute Gasteiger partial charge is 0.326 e. The van der Waals surface area contributed by atoms with Gasteiger partial charge < -0.3 is 46.3 Å². The van der Waals surface area contributed by atoms with Crippen molar-refractivity contribution in [2.45, 2.75) is 256 Å². The number of rotatable bonds is 52. The third-order valence-corrected chi connectivity index (χ3v) is 15.1. The number of thioether (sulfide) groups is 1. The fourth-order valence-corrected chi connectivity index (χ4v) is 10.1. The normalized spacial score (nSPS) is 13.2. The first kappa shape index (κ1) is 70.8. The number of ether oxygens (including phenoxy) is 2. The van der Waals surface area contributed by atoms with E-state index in [1.807, 2.05) is 5.32 Å². The van der Waals surface area contributed by atoms with Crippen LogP contribution < -0.4 is 22.2 Å². The van der Waals surface area contributed by atoms with Gasteiger partial charge in [0.25, 0.3) is 5.91 Å². The van der Waals surface area contributed by atoms with Crippen LogP contribution in [0.5, 0.6) is 5.75 Å². The highest BCUT2D eigenvalue weighted by atomic mass is 32.2. The van der Waals surface area contributed by atoms with Gasteiger partial charge in [0.05, 0.1) is 12.6 Å². The highest BCUT2D eigenvalue weighted by Crippen LogP contribution is 2.27. The zero-order valence-electron chi connectivity index (χ0n) is 49.1. The molecule has 21 heteroatoms. The number of ketones is 1. The van der Waals surface area contributed by atoms with E-state index in [4.69, 9.17) is 27.6 Å². The Morgan fingerprint density at radius 3 is 1.57 bits per heavy atom. The lowest BCUT2D eigenvalue weighted by atomic mass is 9.81. The van der Waals surface area contributed by atoms with Gasteiger partial charge in [0.1, 0.15) is 24.5 Å². The van der Waals surface area contributed by atoms with Crippen LogP contribution in [0.2, 0.25) is 1.41 Å². The molecule has 0 aromatic heterocycles. The molecule has 10 N–H and O–H groups in total. The predicted molar refractivity (Wildman–Crippen MR) is 308 cm³/mol. The number of carboxylic acids is 3. The van der Waals surface area contributed by atoms with Crippen molar-refractivity contribution in [2.24, 2.45) is 11.6 Å². The van der Waals surface area contributed by atoms with Crippen molar-refractivity contribution in [3.8, 4) is 5.75 Å². The van der Waals surface area contributed by atoms with E-state index in [0.717, 1.165) is 63.1 Å². The van der Waals surface area contributed by atoms with Crippen LogP contribution in [0.1, 0.15) is 231 Å². The number of hydrazine groups is 1. The Morgan fingerprint density at radius 2 is 1.11 bits per heavy atom. The third kappa shape index (κ3) is 34.1. The van der Waals surface area contributed by atoms with E-state index < -0.39 is 116 Å². The van der Waals surface area contributed by atoms with E-state index in [0.29, 0.717) is 18.4 Å². The number of benzene rings is 1. The van der Waals surface area contributed by atoms with Gasteiger partial charge in [-0.3, -0.25) is 43.4 Å². The van der Waals surface area contributed by atoms with Gasteiger partial charge in [0, 0.05) is 43.6 Å². The molecule has 0 aliphatic heterocycles. The minimum atomic E-state index is -3.03. The fraction of sp³-hybridized carbons (Fsp3) is 0.746. The van der Waals surface area contributed by atoms with Gasteiger partial charge in [-0.1, -0.05) is 180 Å². The van der Waals surface area contributed by atoms with Crippen LogP contribution in [-0.2, 0) is 59.0 Å². The van der Waals surface area contributed by atoms with Crippen molar-refractivity contribution in [3.05, 3.63) is 29.8 Å². The number of carboxylic acid groups (broad SMARTS) is 3. The summed E-state index contributed by atoms with van der Waals surface area (Å²) >= 11 is 1.10. The molecule has 3 amide bonds. The third-order valence-electron chi connectivity index (χ3n) is 14.0. The molecule has 1 rings (SSSR count). The molecule has 0 radical (unpaired) electrons. The SMILES string of the molecule is [2H]N(CC(=O)N[C@@H](CCC(=O)O)C(=O)O)C(=O)[C@@](CCC(=O)O)(C(=O)[C@@H](N)Cc1ccc(O)cc1)N(N)C(=O)CCSC[C@@H](COC(=O)CCCCCCCCCCCCCCC)OC(=O)CCCCCCCCCCCCCCC. The number of nitrogens with two attached hydrogens (primary N) is 2. The quantitative estimate of drug-likeness (QED) is 0.00752. The van der Waals surface area contributed by atoms with Gasteiger partial charge in [-0.2, -0.15) is 11.8 Å². The predicted octanol–water partition coefficient (Wildman–Crippen LogP) is 9.23. The Morgan fingerprint density at radius 1 is 0.650 bits per heavy atom. The highest BCUT2D eigenvalue weighted by Gasteiger charge is 2.53. The lowest BCUT2D eigenvalue weighted by molar-refractivity contribution is -0.158. The molecule has 80 heavy (non-hydrogen) atoms. The fourth-order valence-electron chi connectivity index (χ4n) is 9.19. The van der Waals surface area contributed by atoms with Crippen LogP contribution >= 0.6 is 11.8 Å². The summed E-state index contributed by atoms with van der Waals surface area (Å²) in [4.78, 5) is 117. The van der Waals surface area contributed by atoms with Crippen molar-refractivity contribution in [1.82, 2.24) is 15.6 Å². The number of amides is 3. The molecular weight excluding hydrogens is 1050 g/mol. The second-order valence-electron chi connectivity index (χ2n) is 21.0. The number of esters is 2. The summed E-state index contributed by atoms with van der Waals surface area (Å²) in [6.45, 7) is 2.92. The topological polar surface area (TPSA) is 332 Å². The summed E-state index contributed by atoms with van der Waals surface area (Å²) in [6, 6.07) is 1.98. The van der Waals surface area contributed by atoms with Crippen LogP contribution in [0.25, 0.3) is 0 Å². The van der Waals surface area contributed by atoms with Gasteiger partial charge in [-0.15, -0.1) is 0 Å². The lowest BCUT2D eigenvalue weighted by Crippen LogP contribution is -2.71. The zero-order valence-corrected chi connectivity index (χ0v) is 49.0. The van der Waals surface area contributed by atoms with Gasteiger partial charge >= 0.3 is 29.8 Å². The second kappa shape index (κ2) is 45.3. The van der Waals surface area contributed by atoms with Crippen molar-refractivity contribution in [1.29, 1.82) is 0 Å². The number of carbonyl (C=O) groups excluding carboxylic acids is 6. The summed E-state index contributed by atoms with van der Waals surface area (Å²) in [5.74, 6) is -4.52. The number of nitrogens with one attached hydrogen (secondary N) is 2. The molecule has 20 nitrogen and oxygen atoms in total. The summed E-state index contributed by atoms with van der Waals surface area (Å²) in [5, 5.41) is 40.3. The van der Waals surface area contributed by atoms with E-state index in [2.05, 4.69) is 13.8 Å². The number of phenols is 1. The maximum Gasteiger partial charge on any atom is 0.326 e. The van der Waals surface area contributed by atoms with Crippen LogP contribution in [0.15, 0.2) is 24.3 Å². The number of aliphatic carboxylic acids is 3. The molecular formula is C59H99N5O15S. The number of hydrogen-bond acceptors (Lipinski definition) is 15. The molecule has 0 bridgehead atoms. The summed E-state index contributed by atoms with van der Waals surface area (Å²) in [7, 11) is 0. The van der Waals surface area contributed by atoms with E-state index >= 15 is 0 Å². The van der Waals surface area contributed by atoms with Crippen molar-refractivity contribution >= 4 is 65.1 Å². The molecule has 0 heterocycles. The van der Waals surface area contributed by atoms with Crippen LogP contribution in [-0.4, -0.2) is 127 Å². The van der Waals surface area contributed by atoms with Crippen molar-refractivity contribution in [2.75, 3.05) is 24.7 Å². The molecule has 0 unspecified atom stereocenters. The first-order valence-corrected chi connectivity index (χ1v) is 30.8. The van der Waals surface area contributed by atoms with Crippen molar-refractivity contribution < 1.29 is 74.5 Å².